The Balaban J connectivity index is 2.99. The second-order valence-electron chi connectivity index (χ2n) is 2.87. The van der Waals surface area contributed by atoms with Crippen LogP contribution in [-0.4, -0.2) is 24.8 Å². The Labute approximate surface area is 87.3 Å². The van der Waals surface area contributed by atoms with Gasteiger partial charge >= 0.3 is 5.97 Å². The number of benzene rings is 1. The van der Waals surface area contributed by atoms with Gasteiger partial charge in [-0.25, -0.2) is 0 Å². The van der Waals surface area contributed by atoms with Crippen LogP contribution in [0.5, 0.6) is 0 Å². The number of ether oxygens (including phenoxy) is 1. The third-order valence-corrected chi connectivity index (χ3v) is 2.26. The second kappa shape index (κ2) is 4.98. The SMILES string of the molecule is COCC(C(=O)O)c1ccccc1Cl. The topological polar surface area (TPSA) is 46.5 Å². The van der Waals surface area contributed by atoms with Crippen molar-refractivity contribution < 1.29 is 14.6 Å². The van der Waals surface area contributed by atoms with Crippen molar-refractivity contribution in [2.45, 2.75) is 5.92 Å². The molecule has 0 bridgehead atoms. The third-order valence-electron chi connectivity index (χ3n) is 1.91. The smallest absolute Gasteiger partial charge is 0.313 e. The number of methoxy groups -OCH3 is 1. The Bertz CT molecular complexity index is 325. The van der Waals surface area contributed by atoms with Crippen molar-refractivity contribution in [2.75, 3.05) is 13.7 Å². The molecule has 1 aromatic rings. The molecule has 3 nitrogen and oxygen atoms in total. The standard InChI is InChI=1S/C10H11ClO3/c1-14-6-8(10(12)13)7-4-2-3-5-9(7)11/h2-5,8H,6H2,1H3,(H,12,13). The number of hydrogen-bond donors (Lipinski definition) is 1. The van der Waals surface area contributed by atoms with E-state index in [9.17, 15) is 4.79 Å². The number of carboxylic acid groups (broad SMARTS) is 1. The molecule has 0 aromatic heterocycles. The maximum Gasteiger partial charge on any atom is 0.313 e. The highest BCUT2D eigenvalue weighted by Gasteiger charge is 2.21. The number of rotatable bonds is 4. The molecule has 0 fully saturated rings. The van der Waals surface area contributed by atoms with Crippen LogP contribution in [0.1, 0.15) is 11.5 Å². The van der Waals surface area contributed by atoms with Gasteiger partial charge in [0.1, 0.15) is 5.92 Å². The summed E-state index contributed by atoms with van der Waals surface area (Å²) >= 11 is 5.88. The molecule has 1 unspecified atom stereocenters. The first kappa shape index (κ1) is 11.0. The van der Waals surface area contributed by atoms with E-state index in [-0.39, 0.29) is 6.61 Å². The maximum atomic E-state index is 10.9. The highest BCUT2D eigenvalue weighted by atomic mass is 35.5. The van der Waals surface area contributed by atoms with Crippen molar-refractivity contribution in [3.8, 4) is 0 Å². The van der Waals surface area contributed by atoms with E-state index in [1.807, 2.05) is 0 Å². The van der Waals surface area contributed by atoms with Crippen LogP contribution in [-0.2, 0) is 9.53 Å². The van der Waals surface area contributed by atoms with Gasteiger partial charge in [0, 0.05) is 12.1 Å². The predicted octanol–water partition coefficient (Wildman–Crippen LogP) is 2.15. The molecular formula is C10H11ClO3. The molecule has 0 aliphatic heterocycles. The summed E-state index contributed by atoms with van der Waals surface area (Å²) in [6.45, 7) is 0.124. The molecule has 0 radical (unpaired) electrons. The lowest BCUT2D eigenvalue weighted by atomic mass is 10.0. The van der Waals surface area contributed by atoms with E-state index in [4.69, 9.17) is 21.4 Å². The predicted molar refractivity (Wildman–Crippen MR) is 53.7 cm³/mol. The monoisotopic (exact) mass is 214 g/mol. The van der Waals surface area contributed by atoms with Gasteiger partial charge in [0.05, 0.1) is 6.61 Å². The Kier molecular flexibility index (Phi) is 3.92. The van der Waals surface area contributed by atoms with Crippen LogP contribution in [0.15, 0.2) is 24.3 Å². The lowest BCUT2D eigenvalue weighted by Gasteiger charge is -2.12. The fourth-order valence-corrected chi connectivity index (χ4v) is 1.49. The van der Waals surface area contributed by atoms with E-state index in [0.717, 1.165) is 0 Å². The molecule has 0 aliphatic carbocycles. The zero-order valence-corrected chi connectivity index (χ0v) is 8.49. The molecule has 0 saturated carbocycles. The number of hydrogen-bond acceptors (Lipinski definition) is 2. The summed E-state index contributed by atoms with van der Waals surface area (Å²) in [6.07, 6.45) is 0. The van der Waals surface area contributed by atoms with E-state index in [1.165, 1.54) is 7.11 Å². The summed E-state index contributed by atoms with van der Waals surface area (Å²) in [5, 5.41) is 9.40. The molecule has 1 aromatic carbocycles. The van der Waals surface area contributed by atoms with Gasteiger partial charge in [-0.2, -0.15) is 0 Å². The van der Waals surface area contributed by atoms with Gasteiger partial charge in [-0.15, -0.1) is 0 Å². The molecule has 0 aliphatic rings. The normalized spacial score (nSPS) is 12.4. The molecule has 14 heavy (non-hydrogen) atoms. The Morgan fingerprint density at radius 2 is 2.21 bits per heavy atom. The minimum Gasteiger partial charge on any atom is -0.481 e. The molecule has 0 heterocycles. The highest BCUT2D eigenvalue weighted by Crippen LogP contribution is 2.24. The quantitative estimate of drug-likeness (QED) is 0.836. The first-order valence-corrected chi connectivity index (χ1v) is 4.50. The first-order chi connectivity index (χ1) is 6.66. The summed E-state index contributed by atoms with van der Waals surface area (Å²) in [4.78, 5) is 10.9. The second-order valence-corrected chi connectivity index (χ2v) is 3.27. The average Bonchev–Trinajstić information content (AvgIpc) is 2.15. The summed E-state index contributed by atoms with van der Waals surface area (Å²) in [6, 6.07) is 6.88. The molecule has 1 atom stereocenters. The van der Waals surface area contributed by atoms with E-state index in [2.05, 4.69) is 0 Å². The van der Waals surface area contributed by atoms with Gasteiger partial charge in [-0.1, -0.05) is 29.8 Å². The zero-order chi connectivity index (χ0) is 10.6. The van der Waals surface area contributed by atoms with Crippen LogP contribution >= 0.6 is 11.6 Å². The summed E-state index contributed by atoms with van der Waals surface area (Å²) < 4.78 is 4.84. The highest BCUT2D eigenvalue weighted by molar-refractivity contribution is 6.31. The number of halogens is 1. The molecule has 0 spiro atoms. The summed E-state index contributed by atoms with van der Waals surface area (Å²) in [5.41, 5.74) is 0.587. The van der Waals surface area contributed by atoms with Crippen LogP contribution in [0.3, 0.4) is 0 Å². The largest absolute Gasteiger partial charge is 0.481 e. The molecule has 0 amide bonds. The van der Waals surface area contributed by atoms with Crippen LogP contribution < -0.4 is 0 Å². The fraction of sp³-hybridized carbons (Fsp3) is 0.300. The lowest BCUT2D eigenvalue weighted by molar-refractivity contribution is -0.140. The minimum atomic E-state index is -0.931. The van der Waals surface area contributed by atoms with Gasteiger partial charge in [-0.3, -0.25) is 4.79 Å². The number of aliphatic carboxylic acids is 1. The van der Waals surface area contributed by atoms with Gasteiger partial charge in [-0.05, 0) is 11.6 Å². The van der Waals surface area contributed by atoms with Gasteiger partial charge in [0.25, 0.3) is 0 Å². The molecule has 76 valence electrons. The summed E-state index contributed by atoms with van der Waals surface area (Å²) in [5.74, 6) is -1.63. The lowest BCUT2D eigenvalue weighted by Crippen LogP contribution is -2.17. The van der Waals surface area contributed by atoms with Crippen LogP contribution in [0.2, 0.25) is 5.02 Å². The fourth-order valence-electron chi connectivity index (χ4n) is 1.22. The van der Waals surface area contributed by atoms with Crippen LogP contribution in [0, 0.1) is 0 Å². The molecule has 1 rings (SSSR count). The van der Waals surface area contributed by atoms with E-state index in [0.29, 0.717) is 10.6 Å². The van der Waals surface area contributed by atoms with Crippen molar-refractivity contribution in [2.24, 2.45) is 0 Å². The van der Waals surface area contributed by atoms with E-state index < -0.39 is 11.9 Å². The number of carbonyl (C=O) groups is 1. The Hall–Kier alpha value is -1.06. The third kappa shape index (κ3) is 2.47. The average molecular weight is 215 g/mol. The van der Waals surface area contributed by atoms with Crippen LogP contribution in [0.4, 0.5) is 0 Å². The van der Waals surface area contributed by atoms with E-state index >= 15 is 0 Å². The Morgan fingerprint density at radius 1 is 1.57 bits per heavy atom. The van der Waals surface area contributed by atoms with Gasteiger partial charge < -0.3 is 9.84 Å². The Morgan fingerprint density at radius 3 is 2.71 bits per heavy atom. The van der Waals surface area contributed by atoms with Crippen LogP contribution in [0.25, 0.3) is 0 Å². The molecule has 1 N–H and O–H groups in total. The first-order valence-electron chi connectivity index (χ1n) is 4.13. The van der Waals surface area contributed by atoms with Crippen molar-refractivity contribution in [3.05, 3.63) is 34.9 Å². The van der Waals surface area contributed by atoms with Crippen molar-refractivity contribution in [1.29, 1.82) is 0 Å². The molecule has 4 heteroatoms. The van der Waals surface area contributed by atoms with Crippen molar-refractivity contribution >= 4 is 17.6 Å². The molecular weight excluding hydrogens is 204 g/mol. The van der Waals surface area contributed by atoms with Crippen molar-refractivity contribution in [1.82, 2.24) is 0 Å². The minimum absolute atomic E-state index is 0.124. The van der Waals surface area contributed by atoms with Crippen molar-refractivity contribution in [3.63, 3.8) is 0 Å². The summed E-state index contributed by atoms with van der Waals surface area (Å²) in [7, 11) is 1.47. The maximum absolute atomic E-state index is 10.9. The number of carboxylic acids is 1. The van der Waals surface area contributed by atoms with Gasteiger partial charge in [0.15, 0.2) is 0 Å². The van der Waals surface area contributed by atoms with Gasteiger partial charge in [0.2, 0.25) is 0 Å². The van der Waals surface area contributed by atoms with E-state index in [1.54, 1.807) is 24.3 Å². The molecule has 0 saturated heterocycles. The zero-order valence-electron chi connectivity index (χ0n) is 7.74.